The maximum atomic E-state index is 11.8. The number of carbonyl (C=O) groups is 1. The fraction of sp³-hybridized carbons (Fsp3) is 0.235. The Kier molecular flexibility index (Phi) is 5.25. The lowest BCUT2D eigenvalue weighted by Crippen LogP contribution is -2.23. The average Bonchev–Trinajstić information content (AvgIpc) is 2.53. The van der Waals surface area contributed by atoms with Crippen LogP contribution in [0.3, 0.4) is 0 Å². The number of hydrogen-bond donors (Lipinski definition) is 3. The number of hydrogen-bond acceptors (Lipinski definition) is 4. The zero-order valence-electron chi connectivity index (χ0n) is 12.4. The minimum atomic E-state index is -0.0554. The van der Waals surface area contributed by atoms with Crippen molar-refractivity contribution in [3.8, 4) is 17.2 Å². The first kappa shape index (κ1) is 15.7. The van der Waals surface area contributed by atoms with Crippen molar-refractivity contribution >= 4 is 5.91 Å². The minimum Gasteiger partial charge on any atom is -0.508 e. The summed E-state index contributed by atoms with van der Waals surface area (Å²) >= 11 is 0. The number of phenolic OH excluding ortho intramolecular Hbond substituents is 2. The number of nitrogens with one attached hydrogen (secondary N) is 1. The van der Waals surface area contributed by atoms with Gasteiger partial charge in [0.15, 0.2) is 11.5 Å². The summed E-state index contributed by atoms with van der Waals surface area (Å²) < 4.78 is 5.02. The predicted octanol–water partition coefficient (Wildman–Crippen LogP) is 2.36. The van der Waals surface area contributed by atoms with Gasteiger partial charge in [0.05, 0.1) is 7.11 Å². The number of aryl methyl sites for hydroxylation is 1. The lowest BCUT2D eigenvalue weighted by atomic mass is 10.1. The SMILES string of the molecule is COc1cc(CNC(=O)CCc2ccc(O)cc2)ccc1O. The maximum Gasteiger partial charge on any atom is 0.220 e. The summed E-state index contributed by atoms with van der Waals surface area (Å²) in [5.74, 6) is 0.621. The predicted molar refractivity (Wildman–Crippen MR) is 82.9 cm³/mol. The molecule has 2 rings (SSSR count). The highest BCUT2D eigenvalue weighted by atomic mass is 16.5. The van der Waals surface area contributed by atoms with Gasteiger partial charge in [0.1, 0.15) is 5.75 Å². The van der Waals surface area contributed by atoms with Crippen LogP contribution in [0.2, 0.25) is 0 Å². The summed E-state index contributed by atoms with van der Waals surface area (Å²) in [7, 11) is 1.48. The molecule has 0 bridgehead atoms. The van der Waals surface area contributed by atoms with Gasteiger partial charge in [-0.25, -0.2) is 0 Å². The van der Waals surface area contributed by atoms with Gasteiger partial charge in [0, 0.05) is 13.0 Å². The van der Waals surface area contributed by atoms with E-state index in [1.165, 1.54) is 13.2 Å². The van der Waals surface area contributed by atoms with Gasteiger partial charge in [-0.05, 0) is 41.8 Å². The van der Waals surface area contributed by atoms with E-state index in [9.17, 15) is 15.0 Å². The van der Waals surface area contributed by atoms with Crippen LogP contribution in [0.1, 0.15) is 17.5 Å². The Labute approximate surface area is 129 Å². The largest absolute Gasteiger partial charge is 0.508 e. The molecule has 0 heterocycles. The smallest absolute Gasteiger partial charge is 0.220 e. The van der Waals surface area contributed by atoms with Gasteiger partial charge >= 0.3 is 0 Å². The Morgan fingerprint density at radius 1 is 1.09 bits per heavy atom. The van der Waals surface area contributed by atoms with Crippen LogP contribution in [0.4, 0.5) is 0 Å². The molecule has 0 aliphatic rings. The maximum absolute atomic E-state index is 11.8. The second kappa shape index (κ2) is 7.36. The molecule has 0 fully saturated rings. The number of carbonyl (C=O) groups excluding carboxylic acids is 1. The summed E-state index contributed by atoms with van der Waals surface area (Å²) in [6.45, 7) is 0.380. The van der Waals surface area contributed by atoms with Gasteiger partial charge in [0.25, 0.3) is 0 Å². The number of phenols is 2. The summed E-state index contributed by atoms with van der Waals surface area (Å²) in [5, 5.41) is 21.5. The highest BCUT2D eigenvalue weighted by molar-refractivity contribution is 5.76. The Morgan fingerprint density at radius 3 is 2.45 bits per heavy atom. The van der Waals surface area contributed by atoms with Gasteiger partial charge in [-0.3, -0.25) is 4.79 Å². The molecule has 0 aliphatic carbocycles. The molecule has 3 N–H and O–H groups in total. The lowest BCUT2D eigenvalue weighted by Gasteiger charge is -2.08. The zero-order valence-corrected chi connectivity index (χ0v) is 12.4. The molecule has 2 aromatic rings. The molecule has 5 nitrogen and oxygen atoms in total. The normalized spacial score (nSPS) is 10.2. The molecule has 0 saturated heterocycles. The zero-order chi connectivity index (χ0) is 15.9. The van der Waals surface area contributed by atoms with Crippen molar-refractivity contribution in [1.29, 1.82) is 0 Å². The van der Waals surface area contributed by atoms with Crippen molar-refractivity contribution in [2.75, 3.05) is 7.11 Å². The molecule has 1 amide bonds. The number of rotatable bonds is 6. The van der Waals surface area contributed by atoms with E-state index in [2.05, 4.69) is 5.32 Å². The highest BCUT2D eigenvalue weighted by Crippen LogP contribution is 2.26. The van der Waals surface area contributed by atoms with Crippen LogP contribution in [-0.4, -0.2) is 23.2 Å². The van der Waals surface area contributed by atoms with Crippen molar-refractivity contribution in [3.05, 3.63) is 53.6 Å². The van der Waals surface area contributed by atoms with E-state index in [1.807, 2.05) is 0 Å². The van der Waals surface area contributed by atoms with Gasteiger partial charge in [-0.2, -0.15) is 0 Å². The minimum absolute atomic E-state index is 0.0554. The van der Waals surface area contributed by atoms with E-state index in [1.54, 1.807) is 36.4 Å². The molecule has 2 aromatic carbocycles. The third-order valence-corrected chi connectivity index (χ3v) is 3.31. The Morgan fingerprint density at radius 2 is 1.77 bits per heavy atom. The van der Waals surface area contributed by atoms with Gasteiger partial charge in [-0.1, -0.05) is 18.2 Å². The third-order valence-electron chi connectivity index (χ3n) is 3.31. The van der Waals surface area contributed by atoms with Crippen LogP contribution < -0.4 is 10.1 Å². The monoisotopic (exact) mass is 301 g/mol. The molecule has 5 heteroatoms. The van der Waals surface area contributed by atoms with Crippen molar-refractivity contribution in [2.45, 2.75) is 19.4 Å². The average molecular weight is 301 g/mol. The number of ether oxygens (including phenoxy) is 1. The summed E-state index contributed by atoms with van der Waals surface area (Å²) in [6.07, 6.45) is 0.991. The second-order valence-electron chi connectivity index (χ2n) is 4.95. The van der Waals surface area contributed by atoms with Crippen LogP contribution in [0.5, 0.6) is 17.2 Å². The Bertz CT molecular complexity index is 638. The molecule has 0 aromatic heterocycles. The van der Waals surface area contributed by atoms with E-state index < -0.39 is 0 Å². The van der Waals surface area contributed by atoms with Crippen molar-refractivity contribution in [1.82, 2.24) is 5.32 Å². The molecule has 0 radical (unpaired) electrons. The number of aromatic hydroxyl groups is 2. The van der Waals surface area contributed by atoms with Crippen LogP contribution in [0.15, 0.2) is 42.5 Å². The first-order valence-electron chi connectivity index (χ1n) is 6.99. The van der Waals surface area contributed by atoms with Gasteiger partial charge in [0.2, 0.25) is 5.91 Å². The Hall–Kier alpha value is -2.69. The van der Waals surface area contributed by atoms with Gasteiger partial charge < -0.3 is 20.3 Å². The second-order valence-corrected chi connectivity index (χ2v) is 4.95. The fourth-order valence-electron chi connectivity index (χ4n) is 2.04. The van der Waals surface area contributed by atoms with E-state index in [0.717, 1.165) is 11.1 Å². The molecule has 0 aliphatic heterocycles. The topological polar surface area (TPSA) is 78.8 Å². The molecular formula is C17H19NO4. The molecular weight excluding hydrogens is 282 g/mol. The molecule has 0 unspecified atom stereocenters. The summed E-state index contributed by atoms with van der Waals surface area (Å²) in [4.78, 5) is 11.8. The molecule has 22 heavy (non-hydrogen) atoms. The van der Waals surface area contributed by atoms with E-state index in [-0.39, 0.29) is 17.4 Å². The summed E-state index contributed by atoms with van der Waals surface area (Å²) in [6, 6.07) is 11.8. The van der Waals surface area contributed by atoms with E-state index >= 15 is 0 Å². The van der Waals surface area contributed by atoms with Crippen LogP contribution in [-0.2, 0) is 17.8 Å². The third kappa shape index (κ3) is 4.41. The number of amides is 1. The van der Waals surface area contributed by atoms with Crippen molar-refractivity contribution in [2.24, 2.45) is 0 Å². The van der Waals surface area contributed by atoms with Crippen molar-refractivity contribution in [3.63, 3.8) is 0 Å². The number of methoxy groups -OCH3 is 1. The highest BCUT2D eigenvalue weighted by Gasteiger charge is 2.05. The Balaban J connectivity index is 1.81. The quantitative estimate of drug-likeness (QED) is 0.765. The standard InChI is InChI=1S/C17H19NO4/c1-22-16-10-13(4-8-15(16)20)11-18-17(21)9-5-12-2-6-14(19)7-3-12/h2-4,6-8,10,19-20H,5,9,11H2,1H3,(H,18,21). The molecule has 0 spiro atoms. The summed E-state index contributed by atoms with van der Waals surface area (Å²) in [5.41, 5.74) is 1.85. The van der Waals surface area contributed by atoms with E-state index in [4.69, 9.17) is 4.74 Å². The first-order chi connectivity index (χ1) is 10.6. The van der Waals surface area contributed by atoms with Crippen LogP contribution >= 0.6 is 0 Å². The lowest BCUT2D eigenvalue weighted by molar-refractivity contribution is -0.121. The number of benzene rings is 2. The fourth-order valence-corrected chi connectivity index (χ4v) is 2.04. The van der Waals surface area contributed by atoms with E-state index in [0.29, 0.717) is 25.1 Å². The molecule has 0 saturated carbocycles. The van der Waals surface area contributed by atoms with Crippen molar-refractivity contribution < 1.29 is 19.7 Å². The molecule has 116 valence electrons. The van der Waals surface area contributed by atoms with Gasteiger partial charge in [-0.15, -0.1) is 0 Å². The first-order valence-corrected chi connectivity index (χ1v) is 6.99. The molecule has 0 atom stereocenters. The van der Waals surface area contributed by atoms with Crippen LogP contribution in [0.25, 0.3) is 0 Å². The van der Waals surface area contributed by atoms with Crippen LogP contribution in [0, 0.1) is 0 Å².